The average Bonchev–Trinajstić information content (AvgIpc) is 3.65. The van der Waals surface area contributed by atoms with Crippen LogP contribution in [0, 0.1) is 11.6 Å². The van der Waals surface area contributed by atoms with Gasteiger partial charge in [0.2, 0.25) is 11.8 Å². The van der Waals surface area contributed by atoms with Gasteiger partial charge in [-0.15, -0.1) is 0 Å². The van der Waals surface area contributed by atoms with Crippen molar-refractivity contribution in [2.75, 3.05) is 16.4 Å². The van der Waals surface area contributed by atoms with Crippen LogP contribution in [-0.2, 0) is 39.9 Å². The number of halogens is 3. The van der Waals surface area contributed by atoms with E-state index in [9.17, 15) is 18.4 Å². The summed E-state index contributed by atoms with van der Waals surface area (Å²) in [4.78, 5) is 36.2. The van der Waals surface area contributed by atoms with E-state index < -0.39 is 28.1 Å². The normalized spacial score (nSPS) is 26.6. The number of carbonyl (C=O) groups is 2. The number of hydrogen-bond donors (Lipinski definition) is 1. The Morgan fingerprint density at radius 3 is 2.46 bits per heavy atom. The molecule has 9 heteroatoms. The minimum absolute atomic E-state index is 0.0252. The number of pyridine rings is 1. The predicted molar refractivity (Wildman–Crippen MR) is 159 cm³/mol. The molecule has 2 fully saturated rings. The zero-order valence-corrected chi connectivity index (χ0v) is 25.0. The van der Waals surface area contributed by atoms with Gasteiger partial charge in [0.15, 0.2) is 0 Å². The van der Waals surface area contributed by atoms with Gasteiger partial charge in [-0.2, -0.15) is 0 Å². The number of rotatable bonds is 4. The lowest BCUT2D eigenvalue weighted by atomic mass is 9.79. The summed E-state index contributed by atoms with van der Waals surface area (Å²) < 4.78 is 29.7. The minimum atomic E-state index is -0.935. The van der Waals surface area contributed by atoms with Gasteiger partial charge >= 0.3 is 0 Å². The Hall–Kier alpha value is -2.92. The van der Waals surface area contributed by atoms with E-state index in [1.54, 1.807) is 6.20 Å². The third kappa shape index (κ3) is 3.98. The van der Waals surface area contributed by atoms with Gasteiger partial charge in [-0.1, -0.05) is 59.7 Å². The summed E-state index contributed by atoms with van der Waals surface area (Å²) >= 11 is 2.30. The van der Waals surface area contributed by atoms with Crippen LogP contribution in [0.2, 0.25) is 0 Å². The number of nitrogens with zero attached hydrogens (tertiary/aromatic N) is 3. The molecule has 2 aliphatic heterocycles. The van der Waals surface area contributed by atoms with Crippen molar-refractivity contribution >= 4 is 40.2 Å². The highest BCUT2D eigenvalue weighted by Crippen LogP contribution is 2.49. The van der Waals surface area contributed by atoms with Crippen LogP contribution in [0.5, 0.6) is 0 Å². The Labute approximate surface area is 251 Å². The van der Waals surface area contributed by atoms with Crippen LogP contribution in [0.15, 0.2) is 54.7 Å². The Morgan fingerprint density at radius 2 is 1.73 bits per heavy atom. The van der Waals surface area contributed by atoms with Crippen LogP contribution in [0.25, 0.3) is 0 Å². The third-order valence-corrected chi connectivity index (χ3v) is 10.8. The molecule has 0 bridgehead atoms. The topological polar surface area (TPSA) is 65.5 Å². The molecule has 0 radical (unpaired) electrons. The lowest BCUT2D eigenvalue weighted by Gasteiger charge is -2.56. The van der Waals surface area contributed by atoms with E-state index in [-0.39, 0.29) is 11.8 Å². The van der Waals surface area contributed by atoms with E-state index in [0.717, 1.165) is 54.0 Å². The maximum Gasteiger partial charge on any atom is 0.244 e. The van der Waals surface area contributed by atoms with Gasteiger partial charge in [0.25, 0.3) is 0 Å². The molecule has 2 aromatic carbocycles. The summed E-state index contributed by atoms with van der Waals surface area (Å²) in [5.41, 5.74) is 2.33. The molecule has 6 nitrogen and oxygen atoms in total. The maximum atomic E-state index is 14.5. The van der Waals surface area contributed by atoms with Gasteiger partial charge in [0.1, 0.15) is 23.0 Å². The van der Waals surface area contributed by atoms with Gasteiger partial charge in [0.05, 0.1) is 15.5 Å². The maximum absolute atomic E-state index is 14.5. The second-order valence-corrected chi connectivity index (χ2v) is 13.0. The first-order chi connectivity index (χ1) is 19.7. The van der Waals surface area contributed by atoms with Crippen molar-refractivity contribution in [2.45, 2.75) is 68.5 Å². The summed E-state index contributed by atoms with van der Waals surface area (Å²) in [6.07, 6.45) is 6.39. The van der Waals surface area contributed by atoms with Crippen LogP contribution >= 0.6 is 22.6 Å². The fourth-order valence-corrected chi connectivity index (χ4v) is 8.72. The molecule has 212 valence electrons. The number of carbonyl (C=O) groups excluding carboxylic acids is 2. The van der Waals surface area contributed by atoms with E-state index in [0.29, 0.717) is 41.9 Å². The van der Waals surface area contributed by atoms with E-state index >= 15 is 0 Å². The van der Waals surface area contributed by atoms with Crippen molar-refractivity contribution in [3.8, 4) is 0 Å². The molecule has 4 aliphatic rings. The van der Waals surface area contributed by atoms with E-state index in [4.69, 9.17) is 0 Å². The fourth-order valence-electron chi connectivity index (χ4n) is 7.83. The minimum Gasteiger partial charge on any atom is -0.326 e. The number of fused-ring (bicyclic) bond motifs is 3. The Bertz CT molecular complexity index is 1570. The lowest BCUT2D eigenvalue weighted by molar-refractivity contribution is -0.165. The summed E-state index contributed by atoms with van der Waals surface area (Å²) in [5, 5.41) is 2.96. The zero-order valence-electron chi connectivity index (χ0n) is 22.9. The molecule has 1 N–H and O–H groups in total. The van der Waals surface area contributed by atoms with E-state index in [1.165, 1.54) is 12.1 Å². The molecular weight excluding hydrogens is 637 g/mol. The van der Waals surface area contributed by atoms with Crippen molar-refractivity contribution in [3.05, 3.63) is 94.2 Å². The first-order valence-corrected chi connectivity index (χ1v) is 15.7. The Morgan fingerprint density at radius 1 is 1.00 bits per heavy atom. The highest BCUT2D eigenvalue weighted by Gasteiger charge is 2.57. The van der Waals surface area contributed by atoms with Gasteiger partial charge in [-0.3, -0.25) is 14.5 Å². The molecular formula is C32H31F2IN4O2. The number of anilines is 1. The smallest absolute Gasteiger partial charge is 0.244 e. The van der Waals surface area contributed by atoms with Crippen LogP contribution in [0.4, 0.5) is 14.6 Å². The highest BCUT2D eigenvalue weighted by atomic mass is 127. The predicted octanol–water partition coefficient (Wildman–Crippen LogP) is 5.61. The monoisotopic (exact) mass is 668 g/mol. The standard InChI is InChI=1S/C32H31F2IN4O2/c1-30(23-12-24(33)14-25(34)13-23)18-38(19-35)32(8-2-3-9-32)29(41)39(30)17-20-6-7-21-15-31(16-22(21)11-20)26-5-4-10-36-27(26)37-28(31)40/h4-7,10-14H,2-3,8-9,15-19H2,1H3,(H,36,37,40)/t30-,31+/m0/s1. The largest absolute Gasteiger partial charge is 0.326 e. The molecule has 1 aromatic heterocycles. The summed E-state index contributed by atoms with van der Waals surface area (Å²) in [7, 11) is 0. The van der Waals surface area contributed by atoms with E-state index in [1.807, 2.05) is 30.0 Å². The molecule has 41 heavy (non-hydrogen) atoms. The first-order valence-electron chi connectivity index (χ1n) is 14.2. The fraction of sp³-hybridized carbons (Fsp3) is 0.406. The third-order valence-electron chi connectivity index (χ3n) is 9.99. The number of benzene rings is 2. The van der Waals surface area contributed by atoms with Crippen LogP contribution in [0.1, 0.15) is 60.4 Å². The van der Waals surface area contributed by atoms with Crippen LogP contribution in [0.3, 0.4) is 0 Å². The number of hydrogen-bond acceptors (Lipinski definition) is 4. The summed E-state index contributed by atoms with van der Waals surface area (Å²) in [5.74, 6) is -0.675. The van der Waals surface area contributed by atoms with Crippen molar-refractivity contribution in [1.82, 2.24) is 14.8 Å². The lowest BCUT2D eigenvalue weighted by Crippen LogP contribution is -2.70. The number of aromatic nitrogens is 1. The molecule has 7 rings (SSSR count). The number of alkyl halides is 1. The van der Waals surface area contributed by atoms with Crippen molar-refractivity contribution in [3.63, 3.8) is 0 Å². The van der Waals surface area contributed by atoms with E-state index in [2.05, 4.69) is 49.9 Å². The Kier molecular flexibility index (Phi) is 6.28. The molecule has 2 aliphatic carbocycles. The molecule has 3 heterocycles. The van der Waals surface area contributed by atoms with Crippen LogP contribution in [-0.4, -0.2) is 43.2 Å². The van der Waals surface area contributed by atoms with Crippen molar-refractivity contribution in [2.24, 2.45) is 0 Å². The second kappa shape index (κ2) is 9.55. The number of piperazine rings is 1. The quantitative estimate of drug-likeness (QED) is 0.223. The highest BCUT2D eigenvalue weighted by molar-refractivity contribution is 14.1. The molecule has 2 spiro atoms. The average molecular weight is 669 g/mol. The molecule has 1 saturated heterocycles. The molecule has 2 atom stereocenters. The number of nitrogens with one attached hydrogen (secondary N) is 1. The second-order valence-electron chi connectivity index (χ2n) is 12.3. The van der Waals surface area contributed by atoms with Gasteiger partial charge in [-0.05, 0) is 73.1 Å². The van der Waals surface area contributed by atoms with Crippen molar-refractivity contribution < 1.29 is 18.4 Å². The van der Waals surface area contributed by atoms with Gasteiger partial charge in [-0.25, -0.2) is 13.8 Å². The number of amides is 2. The van der Waals surface area contributed by atoms with Gasteiger partial charge < -0.3 is 10.2 Å². The van der Waals surface area contributed by atoms with Gasteiger partial charge in [0, 0.05) is 30.9 Å². The van der Waals surface area contributed by atoms with Crippen molar-refractivity contribution in [1.29, 1.82) is 0 Å². The SMILES string of the molecule is C[C@@]1(c2cc(F)cc(F)c2)CN(CI)C2(CCCC2)C(=O)N1Cc1ccc2c(c1)C[C@@]1(C2)C(=O)Nc2ncccc21. The molecule has 2 amide bonds. The zero-order chi connectivity index (χ0) is 28.6. The Balaban J connectivity index is 1.27. The summed E-state index contributed by atoms with van der Waals surface area (Å²) in [6.45, 7) is 2.73. The molecule has 1 saturated carbocycles. The molecule has 3 aromatic rings. The molecule has 0 unspecified atom stereocenters. The van der Waals surface area contributed by atoms with Crippen LogP contribution < -0.4 is 5.32 Å². The first kappa shape index (κ1) is 26.9. The summed E-state index contributed by atoms with van der Waals surface area (Å²) in [6, 6.07) is 13.6.